The van der Waals surface area contributed by atoms with Gasteiger partial charge in [0.25, 0.3) is 0 Å². The molecule has 2 saturated heterocycles. The van der Waals surface area contributed by atoms with Crippen LogP contribution in [0, 0.1) is 11.8 Å². The molecule has 4 nitrogen and oxygen atoms in total. The zero-order chi connectivity index (χ0) is 10.8. The Labute approximate surface area is 91.6 Å². The molecule has 1 N–H and O–H groups in total. The minimum Gasteiger partial charge on any atom is -0.325 e. The van der Waals surface area contributed by atoms with E-state index in [0.29, 0.717) is 11.8 Å². The van der Waals surface area contributed by atoms with Gasteiger partial charge >= 0.3 is 6.03 Å². The van der Waals surface area contributed by atoms with Crippen molar-refractivity contribution in [1.29, 1.82) is 0 Å². The molecule has 0 aromatic rings. The van der Waals surface area contributed by atoms with Crippen LogP contribution < -0.4 is 5.32 Å². The number of rotatable bonds is 2. The second-order valence-corrected chi connectivity index (χ2v) is 4.54. The van der Waals surface area contributed by atoms with Gasteiger partial charge in [0.2, 0.25) is 0 Å². The molecule has 2 heterocycles. The summed E-state index contributed by atoms with van der Waals surface area (Å²) in [6.07, 6.45) is 0. The normalized spacial score (nSPS) is 29.3. The van der Waals surface area contributed by atoms with E-state index in [-0.39, 0.29) is 6.03 Å². The van der Waals surface area contributed by atoms with E-state index in [4.69, 9.17) is 0 Å². The summed E-state index contributed by atoms with van der Waals surface area (Å²) in [5.74, 6) is 1.40. The number of hydrogen-bond acceptors (Lipinski definition) is 2. The quantitative estimate of drug-likeness (QED) is 0.726. The topological polar surface area (TPSA) is 35.6 Å². The maximum atomic E-state index is 12.1. The summed E-state index contributed by atoms with van der Waals surface area (Å²) in [5.41, 5.74) is 0. The lowest BCUT2D eigenvalue weighted by molar-refractivity contribution is 0.164. The molecule has 0 radical (unpaired) electrons. The molecule has 0 aliphatic carbocycles. The molecule has 2 atom stereocenters. The minimum atomic E-state index is 0.231. The van der Waals surface area contributed by atoms with Crippen LogP contribution in [0.3, 0.4) is 0 Å². The highest BCUT2D eigenvalue weighted by Gasteiger charge is 2.38. The third-order valence-electron chi connectivity index (χ3n) is 3.69. The summed E-state index contributed by atoms with van der Waals surface area (Å²) in [5, 5.41) is 3.39. The Morgan fingerprint density at radius 2 is 1.80 bits per heavy atom. The number of carbonyl (C=O) groups excluding carboxylic acids is 1. The Bertz CT molecular complexity index is 228. The molecule has 2 aliphatic heterocycles. The molecule has 86 valence electrons. The molecule has 2 amide bonds. The van der Waals surface area contributed by atoms with Crippen molar-refractivity contribution in [3.05, 3.63) is 0 Å². The van der Waals surface area contributed by atoms with E-state index in [1.54, 1.807) is 0 Å². The Morgan fingerprint density at radius 1 is 1.27 bits per heavy atom. The fourth-order valence-electron chi connectivity index (χ4n) is 2.71. The van der Waals surface area contributed by atoms with Crippen LogP contribution in [0.4, 0.5) is 4.79 Å². The SMILES string of the molecule is CCN(CC)C(=O)N1CC2CNCC2C1. The van der Waals surface area contributed by atoms with Crippen LogP contribution in [0.5, 0.6) is 0 Å². The molecule has 0 bridgehead atoms. The van der Waals surface area contributed by atoms with E-state index in [9.17, 15) is 4.79 Å². The first-order chi connectivity index (χ1) is 7.26. The van der Waals surface area contributed by atoms with Gasteiger partial charge in [-0.1, -0.05) is 0 Å². The molecule has 2 rings (SSSR count). The molecule has 15 heavy (non-hydrogen) atoms. The van der Waals surface area contributed by atoms with E-state index in [0.717, 1.165) is 39.3 Å². The Morgan fingerprint density at radius 3 is 2.27 bits per heavy atom. The van der Waals surface area contributed by atoms with Crippen molar-refractivity contribution in [2.75, 3.05) is 39.3 Å². The molecule has 0 aromatic carbocycles. The zero-order valence-corrected chi connectivity index (χ0v) is 9.70. The van der Waals surface area contributed by atoms with Gasteiger partial charge in [-0.3, -0.25) is 0 Å². The summed E-state index contributed by atoms with van der Waals surface area (Å²) >= 11 is 0. The molecular weight excluding hydrogens is 190 g/mol. The highest BCUT2D eigenvalue weighted by atomic mass is 16.2. The van der Waals surface area contributed by atoms with Gasteiger partial charge in [0.05, 0.1) is 0 Å². The van der Waals surface area contributed by atoms with Gasteiger partial charge in [-0.15, -0.1) is 0 Å². The van der Waals surface area contributed by atoms with Crippen molar-refractivity contribution in [3.63, 3.8) is 0 Å². The van der Waals surface area contributed by atoms with Crippen molar-refractivity contribution in [3.8, 4) is 0 Å². The Hall–Kier alpha value is -0.770. The van der Waals surface area contributed by atoms with Crippen LogP contribution in [-0.2, 0) is 0 Å². The van der Waals surface area contributed by atoms with Gasteiger partial charge in [-0.05, 0) is 25.7 Å². The largest absolute Gasteiger partial charge is 0.325 e. The van der Waals surface area contributed by atoms with Crippen LogP contribution in [0.2, 0.25) is 0 Å². The smallest absolute Gasteiger partial charge is 0.319 e. The van der Waals surface area contributed by atoms with Crippen molar-refractivity contribution in [2.24, 2.45) is 11.8 Å². The van der Waals surface area contributed by atoms with E-state index < -0.39 is 0 Å². The number of likely N-dealkylation sites (tertiary alicyclic amines) is 1. The van der Waals surface area contributed by atoms with Gasteiger partial charge in [-0.2, -0.15) is 0 Å². The van der Waals surface area contributed by atoms with Crippen molar-refractivity contribution < 1.29 is 4.79 Å². The maximum Gasteiger partial charge on any atom is 0.319 e. The Kier molecular flexibility index (Phi) is 3.14. The predicted molar refractivity (Wildman–Crippen MR) is 59.7 cm³/mol. The summed E-state index contributed by atoms with van der Waals surface area (Å²) in [6, 6.07) is 0.231. The second kappa shape index (κ2) is 4.39. The van der Waals surface area contributed by atoms with Crippen LogP contribution >= 0.6 is 0 Å². The summed E-state index contributed by atoms with van der Waals surface area (Å²) < 4.78 is 0. The molecule has 2 aliphatic rings. The number of nitrogens with one attached hydrogen (secondary N) is 1. The second-order valence-electron chi connectivity index (χ2n) is 4.54. The average Bonchev–Trinajstić information content (AvgIpc) is 2.78. The summed E-state index contributed by atoms with van der Waals surface area (Å²) in [6.45, 7) is 9.80. The standard InChI is InChI=1S/C11H21N3O/c1-3-13(4-2)11(15)14-7-9-5-12-6-10(9)8-14/h9-10,12H,3-8H2,1-2H3. The monoisotopic (exact) mass is 211 g/mol. The first kappa shape index (κ1) is 10.7. The lowest BCUT2D eigenvalue weighted by Gasteiger charge is -2.26. The third kappa shape index (κ3) is 1.95. The lowest BCUT2D eigenvalue weighted by Crippen LogP contribution is -2.42. The maximum absolute atomic E-state index is 12.1. The fourth-order valence-corrected chi connectivity index (χ4v) is 2.71. The number of hydrogen-bond donors (Lipinski definition) is 1. The van der Waals surface area contributed by atoms with Gasteiger partial charge in [0, 0.05) is 39.3 Å². The summed E-state index contributed by atoms with van der Waals surface area (Å²) in [4.78, 5) is 16.0. The minimum absolute atomic E-state index is 0.231. The van der Waals surface area contributed by atoms with Crippen LogP contribution in [-0.4, -0.2) is 55.1 Å². The number of carbonyl (C=O) groups is 1. The number of fused-ring (bicyclic) bond motifs is 1. The molecule has 2 fully saturated rings. The van der Waals surface area contributed by atoms with Crippen LogP contribution in [0.15, 0.2) is 0 Å². The van der Waals surface area contributed by atoms with Crippen LogP contribution in [0.1, 0.15) is 13.8 Å². The van der Waals surface area contributed by atoms with Crippen molar-refractivity contribution in [2.45, 2.75) is 13.8 Å². The van der Waals surface area contributed by atoms with E-state index >= 15 is 0 Å². The van der Waals surface area contributed by atoms with Crippen molar-refractivity contribution in [1.82, 2.24) is 15.1 Å². The Balaban J connectivity index is 1.92. The summed E-state index contributed by atoms with van der Waals surface area (Å²) in [7, 11) is 0. The van der Waals surface area contributed by atoms with E-state index in [2.05, 4.69) is 5.32 Å². The lowest BCUT2D eigenvalue weighted by atomic mass is 10.0. The number of nitrogens with zero attached hydrogens (tertiary/aromatic N) is 2. The van der Waals surface area contributed by atoms with Crippen LogP contribution in [0.25, 0.3) is 0 Å². The first-order valence-electron chi connectivity index (χ1n) is 6.00. The molecule has 2 unspecified atom stereocenters. The zero-order valence-electron chi connectivity index (χ0n) is 9.70. The molecule has 0 spiro atoms. The molecule has 0 aromatic heterocycles. The van der Waals surface area contributed by atoms with Gasteiger partial charge in [0.15, 0.2) is 0 Å². The van der Waals surface area contributed by atoms with Gasteiger partial charge in [-0.25, -0.2) is 4.79 Å². The first-order valence-corrected chi connectivity index (χ1v) is 6.00. The molecule has 4 heteroatoms. The molecular formula is C11H21N3O. The molecule has 0 saturated carbocycles. The average molecular weight is 211 g/mol. The number of urea groups is 1. The number of amides is 2. The van der Waals surface area contributed by atoms with E-state index in [1.807, 2.05) is 23.6 Å². The predicted octanol–water partition coefficient (Wildman–Crippen LogP) is 0.599. The third-order valence-corrected chi connectivity index (χ3v) is 3.69. The highest BCUT2D eigenvalue weighted by molar-refractivity contribution is 5.74. The van der Waals surface area contributed by atoms with Crippen molar-refractivity contribution >= 4 is 6.03 Å². The van der Waals surface area contributed by atoms with E-state index in [1.165, 1.54) is 0 Å². The van der Waals surface area contributed by atoms with Gasteiger partial charge < -0.3 is 15.1 Å². The highest BCUT2D eigenvalue weighted by Crippen LogP contribution is 2.26. The fraction of sp³-hybridized carbons (Fsp3) is 0.909. The van der Waals surface area contributed by atoms with Gasteiger partial charge in [0.1, 0.15) is 0 Å².